The van der Waals surface area contributed by atoms with Gasteiger partial charge >= 0.3 is 5.97 Å². The first kappa shape index (κ1) is 18.6. The van der Waals surface area contributed by atoms with Gasteiger partial charge in [0.1, 0.15) is 5.76 Å². The molecule has 0 saturated heterocycles. The van der Waals surface area contributed by atoms with Crippen LogP contribution in [0.4, 0.5) is 0 Å². The van der Waals surface area contributed by atoms with Gasteiger partial charge in [-0.2, -0.15) is 0 Å². The highest BCUT2D eigenvalue weighted by Gasteiger charge is 2.21. The number of nitrogens with one attached hydrogen (secondary N) is 1. The van der Waals surface area contributed by atoms with Gasteiger partial charge < -0.3 is 14.9 Å². The zero-order valence-corrected chi connectivity index (χ0v) is 15.3. The summed E-state index contributed by atoms with van der Waals surface area (Å²) in [4.78, 5) is 23.8. The van der Waals surface area contributed by atoms with Gasteiger partial charge in [-0.15, -0.1) is 0 Å². The van der Waals surface area contributed by atoms with Crippen LogP contribution in [0.15, 0.2) is 53.1 Å². The number of hydrogen-bond donors (Lipinski definition) is 2. The van der Waals surface area contributed by atoms with Crippen molar-refractivity contribution in [1.29, 1.82) is 0 Å². The fourth-order valence-corrected chi connectivity index (χ4v) is 2.87. The number of carboxylic acids is 1. The molecule has 0 radical (unpaired) electrons. The lowest BCUT2D eigenvalue weighted by Crippen LogP contribution is -2.34. The minimum absolute atomic E-state index is 0.0187. The lowest BCUT2D eigenvalue weighted by molar-refractivity contribution is -0.141. The minimum atomic E-state index is -0.952. The fraction of sp³-hybridized carbons (Fsp3) is 0.286. The van der Waals surface area contributed by atoms with Crippen LogP contribution >= 0.6 is 0 Å². The Morgan fingerprint density at radius 3 is 2.52 bits per heavy atom. The van der Waals surface area contributed by atoms with Gasteiger partial charge in [-0.1, -0.05) is 61.5 Å². The predicted octanol–water partition coefficient (Wildman–Crippen LogP) is 3.62. The highest BCUT2D eigenvalue weighted by Crippen LogP contribution is 2.18. The molecule has 0 aliphatic heterocycles. The quantitative estimate of drug-likeness (QED) is 0.666. The van der Waals surface area contributed by atoms with Crippen LogP contribution in [0.3, 0.4) is 0 Å². The number of carboxylic acid groups (broad SMARTS) is 1. The normalized spacial score (nSPS) is 12.3. The predicted molar refractivity (Wildman–Crippen MR) is 102 cm³/mol. The number of carbonyl (C=O) groups is 2. The van der Waals surface area contributed by atoms with Crippen molar-refractivity contribution in [2.24, 2.45) is 5.92 Å². The van der Waals surface area contributed by atoms with Gasteiger partial charge in [-0.25, -0.2) is 0 Å². The molecule has 1 unspecified atom stereocenters. The first-order valence-electron chi connectivity index (χ1n) is 8.89. The molecule has 0 aliphatic rings. The smallest absolute Gasteiger partial charge is 0.308 e. The van der Waals surface area contributed by atoms with Crippen molar-refractivity contribution < 1.29 is 19.2 Å². The van der Waals surface area contributed by atoms with Crippen LogP contribution in [0.1, 0.15) is 41.6 Å². The van der Waals surface area contributed by atoms with Crippen LogP contribution in [-0.2, 0) is 11.2 Å². The van der Waals surface area contributed by atoms with Gasteiger partial charge in [0.25, 0.3) is 5.91 Å². The molecule has 3 aromatic rings. The number of nitrogens with zero attached hydrogens (tertiary/aromatic N) is 1. The third kappa shape index (κ3) is 4.53. The summed E-state index contributed by atoms with van der Waals surface area (Å²) in [6, 6.07) is 15.4. The monoisotopic (exact) mass is 366 g/mol. The maximum absolute atomic E-state index is 12.2. The Morgan fingerprint density at radius 2 is 1.85 bits per heavy atom. The molecule has 1 atom stereocenters. The van der Waals surface area contributed by atoms with E-state index in [4.69, 9.17) is 4.52 Å². The number of hydrogen-bond acceptors (Lipinski definition) is 4. The van der Waals surface area contributed by atoms with Gasteiger partial charge in [0.15, 0.2) is 5.69 Å². The Bertz CT molecular complexity index is 961. The maximum atomic E-state index is 12.2. The average Bonchev–Trinajstić information content (AvgIpc) is 3.15. The molecule has 0 bridgehead atoms. The molecule has 2 N–H and O–H groups in total. The van der Waals surface area contributed by atoms with Crippen molar-refractivity contribution in [3.63, 3.8) is 0 Å². The summed E-state index contributed by atoms with van der Waals surface area (Å²) in [7, 11) is 0. The van der Waals surface area contributed by atoms with E-state index in [2.05, 4.69) is 10.5 Å². The van der Waals surface area contributed by atoms with Gasteiger partial charge in [0.05, 0.1) is 5.92 Å². The highest BCUT2D eigenvalue weighted by atomic mass is 16.5. The molecule has 27 heavy (non-hydrogen) atoms. The zero-order valence-electron chi connectivity index (χ0n) is 15.3. The van der Waals surface area contributed by atoms with Gasteiger partial charge in [0.2, 0.25) is 0 Å². The second-order valence-electron chi connectivity index (χ2n) is 6.90. The third-order valence-electron chi connectivity index (χ3n) is 4.48. The average molecular weight is 366 g/mol. The fourth-order valence-electron chi connectivity index (χ4n) is 2.87. The molecule has 1 heterocycles. The summed E-state index contributed by atoms with van der Waals surface area (Å²) >= 11 is 0. The van der Waals surface area contributed by atoms with Crippen LogP contribution in [0.2, 0.25) is 0 Å². The summed E-state index contributed by atoms with van der Waals surface area (Å²) in [5.74, 6) is -1.38. The summed E-state index contributed by atoms with van der Waals surface area (Å²) < 4.78 is 5.11. The topological polar surface area (TPSA) is 92.4 Å². The van der Waals surface area contributed by atoms with Crippen LogP contribution in [-0.4, -0.2) is 28.7 Å². The number of carbonyl (C=O) groups excluding carboxylic acids is 1. The van der Waals surface area contributed by atoms with Crippen LogP contribution < -0.4 is 5.32 Å². The Hall–Kier alpha value is -3.15. The molecule has 0 spiro atoms. The van der Waals surface area contributed by atoms with Crippen molar-refractivity contribution >= 4 is 22.6 Å². The molecule has 0 aliphatic carbocycles. The lowest BCUT2D eigenvalue weighted by Gasteiger charge is -2.13. The van der Waals surface area contributed by atoms with E-state index in [1.165, 1.54) is 0 Å². The van der Waals surface area contributed by atoms with Crippen molar-refractivity contribution in [3.05, 3.63) is 65.5 Å². The Labute approximate surface area is 157 Å². The van der Waals surface area contributed by atoms with E-state index in [9.17, 15) is 14.7 Å². The molecule has 0 fully saturated rings. The van der Waals surface area contributed by atoms with Gasteiger partial charge in [0, 0.05) is 18.5 Å². The van der Waals surface area contributed by atoms with Crippen molar-refractivity contribution in [3.8, 4) is 0 Å². The molecule has 1 amide bonds. The van der Waals surface area contributed by atoms with Crippen molar-refractivity contribution in [2.75, 3.05) is 6.54 Å². The Kier molecular flexibility index (Phi) is 5.54. The summed E-state index contributed by atoms with van der Waals surface area (Å²) in [5, 5.41) is 18.1. The molecule has 3 rings (SSSR count). The van der Waals surface area contributed by atoms with E-state index >= 15 is 0 Å². The van der Waals surface area contributed by atoms with Crippen molar-refractivity contribution in [1.82, 2.24) is 10.5 Å². The Balaban J connectivity index is 1.66. The third-order valence-corrected chi connectivity index (χ3v) is 4.48. The first-order valence-corrected chi connectivity index (χ1v) is 8.89. The van der Waals surface area contributed by atoms with E-state index in [1.807, 2.05) is 56.3 Å². The maximum Gasteiger partial charge on any atom is 0.308 e. The van der Waals surface area contributed by atoms with E-state index in [0.29, 0.717) is 12.2 Å². The van der Waals surface area contributed by atoms with E-state index < -0.39 is 17.8 Å². The molecule has 140 valence electrons. The number of amides is 1. The molecule has 6 nitrogen and oxygen atoms in total. The molecule has 1 aromatic heterocycles. The number of rotatable bonds is 7. The van der Waals surface area contributed by atoms with Crippen molar-refractivity contribution in [2.45, 2.75) is 26.2 Å². The standard InChI is InChI=1S/C21H22N2O4/c1-13(2)19-11-18(23-27-19)20(24)22-12-17(21(25)26)10-14-7-8-15-5-3-4-6-16(15)9-14/h3-9,11,13,17H,10,12H2,1-2H3,(H,22,24)(H,25,26). The molecular weight excluding hydrogens is 344 g/mol. The molecule has 0 saturated carbocycles. The SMILES string of the molecule is CC(C)c1cc(C(=O)NCC(Cc2ccc3ccccc3c2)C(=O)O)no1. The highest BCUT2D eigenvalue weighted by molar-refractivity contribution is 5.92. The van der Waals surface area contributed by atoms with E-state index in [0.717, 1.165) is 16.3 Å². The van der Waals surface area contributed by atoms with Crippen LogP contribution in [0.5, 0.6) is 0 Å². The first-order chi connectivity index (χ1) is 12.9. The summed E-state index contributed by atoms with van der Waals surface area (Å²) in [6.45, 7) is 3.89. The zero-order chi connectivity index (χ0) is 19.4. The number of aromatic nitrogens is 1. The second kappa shape index (κ2) is 8.03. The number of fused-ring (bicyclic) bond motifs is 1. The minimum Gasteiger partial charge on any atom is -0.481 e. The second-order valence-corrected chi connectivity index (χ2v) is 6.90. The molecule has 6 heteroatoms. The number of benzene rings is 2. The summed E-state index contributed by atoms with van der Waals surface area (Å²) in [6.07, 6.45) is 0.330. The van der Waals surface area contributed by atoms with Gasteiger partial charge in [-0.05, 0) is 22.8 Å². The Morgan fingerprint density at radius 1 is 1.11 bits per heavy atom. The van der Waals surface area contributed by atoms with Crippen LogP contribution in [0, 0.1) is 5.92 Å². The van der Waals surface area contributed by atoms with Gasteiger partial charge in [-0.3, -0.25) is 9.59 Å². The molecular formula is C21H22N2O4. The summed E-state index contributed by atoms with van der Waals surface area (Å²) in [5.41, 5.74) is 1.08. The molecule has 2 aromatic carbocycles. The van der Waals surface area contributed by atoms with E-state index in [-0.39, 0.29) is 18.2 Å². The largest absolute Gasteiger partial charge is 0.481 e. The van der Waals surface area contributed by atoms with Crippen LogP contribution in [0.25, 0.3) is 10.8 Å². The van der Waals surface area contributed by atoms with E-state index in [1.54, 1.807) is 6.07 Å². The lowest BCUT2D eigenvalue weighted by atomic mass is 9.97. The number of aliphatic carboxylic acids is 1.